The third-order valence-electron chi connectivity index (χ3n) is 4.09. The fourth-order valence-electron chi connectivity index (χ4n) is 2.65. The number of methoxy groups -OCH3 is 2. The molecular weight excluding hydrogens is 371 g/mol. The maximum atomic E-state index is 8.25. The number of hydrogen-bond acceptors (Lipinski definition) is 4. The first kappa shape index (κ1) is 22.0. The molecule has 3 rings (SSSR count). The molecule has 1 aromatic carbocycles. The quantitative estimate of drug-likeness (QED) is 0.740. The summed E-state index contributed by atoms with van der Waals surface area (Å²) >= 11 is -0.167. The largest absolute Gasteiger partial charge is 0.857 e. The van der Waals surface area contributed by atoms with Crippen LogP contribution in [-0.2, 0) is 19.2 Å². The molecular formula is C19H25O4PTi. The average Bonchev–Trinajstić information content (AvgIpc) is 3.21. The Morgan fingerprint density at radius 3 is 2.12 bits per heavy atom. The predicted molar refractivity (Wildman–Crippen MR) is 98.2 cm³/mol. The van der Waals surface area contributed by atoms with Crippen LogP contribution in [0.1, 0.15) is 26.5 Å². The summed E-state index contributed by atoms with van der Waals surface area (Å²) in [6.07, 6.45) is 4.60. The Labute approximate surface area is 160 Å². The van der Waals surface area contributed by atoms with Gasteiger partial charge in [-0.15, -0.1) is 0 Å². The summed E-state index contributed by atoms with van der Waals surface area (Å²) in [5.74, 6) is 4.05. The smallest absolute Gasteiger partial charge is 0.153 e. The van der Waals surface area contributed by atoms with Crippen molar-refractivity contribution in [2.75, 3.05) is 28.4 Å². The second kappa shape index (κ2) is 10.9. The number of fused-ring (bicyclic) bond motifs is 1. The molecule has 0 amide bonds. The van der Waals surface area contributed by atoms with Gasteiger partial charge in [-0.2, -0.15) is 14.2 Å². The maximum absolute atomic E-state index is 8.25. The van der Waals surface area contributed by atoms with Gasteiger partial charge in [0.1, 0.15) is 0 Å². The van der Waals surface area contributed by atoms with Crippen LogP contribution in [0.2, 0.25) is 0 Å². The van der Waals surface area contributed by atoms with Crippen molar-refractivity contribution in [2.45, 2.75) is 18.1 Å². The third-order valence-corrected chi connectivity index (χ3v) is 8.91. The Morgan fingerprint density at radius 2 is 1.60 bits per heavy atom. The minimum Gasteiger partial charge on any atom is -0.857 e. The van der Waals surface area contributed by atoms with Crippen LogP contribution in [0.15, 0.2) is 24.0 Å². The van der Waals surface area contributed by atoms with Crippen molar-refractivity contribution >= 4 is 17.9 Å². The first-order valence-corrected chi connectivity index (χ1v) is 10.6. The van der Waals surface area contributed by atoms with Crippen molar-refractivity contribution in [1.82, 2.24) is 0 Å². The molecule has 134 valence electrons. The molecule has 0 radical (unpaired) electrons. The minimum absolute atomic E-state index is 0.167. The van der Waals surface area contributed by atoms with E-state index in [1.165, 1.54) is 22.3 Å². The van der Waals surface area contributed by atoms with E-state index in [1.807, 2.05) is 0 Å². The fraction of sp³-hybridized carbons (Fsp3) is 0.368. The van der Waals surface area contributed by atoms with Gasteiger partial charge in [-0.1, -0.05) is 0 Å². The first-order chi connectivity index (χ1) is 12.1. The van der Waals surface area contributed by atoms with Gasteiger partial charge in [0.05, 0.1) is 0 Å². The normalized spacial score (nSPS) is 14.0. The van der Waals surface area contributed by atoms with Crippen LogP contribution in [0.3, 0.4) is 0 Å². The fourth-order valence-corrected chi connectivity index (χ4v) is 7.16. The summed E-state index contributed by atoms with van der Waals surface area (Å²) in [6, 6.07) is 4.26. The van der Waals surface area contributed by atoms with Crippen LogP contribution in [0, 0.1) is 13.8 Å². The van der Waals surface area contributed by atoms with E-state index in [2.05, 4.69) is 43.9 Å². The summed E-state index contributed by atoms with van der Waals surface area (Å²) in [6.45, 7) is 4.51. The van der Waals surface area contributed by atoms with Crippen LogP contribution >= 0.6 is 8.19 Å². The number of hydrogen-bond donors (Lipinski definition) is 0. The monoisotopic (exact) mass is 396 g/mol. The Morgan fingerprint density at radius 1 is 1.00 bits per heavy atom. The molecule has 0 spiro atoms. The molecule has 1 aromatic heterocycles. The van der Waals surface area contributed by atoms with Gasteiger partial charge < -0.3 is 10.2 Å². The standard InChI is InChI=1S/C11H11O2.C6H8P.2CH3O.Ti/c1-12-10-6-8-4-3-5-9(8)7-11(10)13-2;1-5-3-7-4-6(5)2;2*1-2;/h3-7H,1-2H3;3,7H,1-2H3;2*1H3;/q;;2*-1;+2. The number of benzene rings is 1. The maximum Gasteiger partial charge on any atom is -0.153 e. The van der Waals surface area contributed by atoms with Crippen molar-refractivity contribution in [3.63, 3.8) is 0 Å². The van der Waals surface area contributed by atoms with E-state index in [0.717, 1.165) is 33.9 Å². The molecule has 0 aliphatic heterocycles. The molecule has 0 bridgehead atoms. The summed E-state index contributed by atoms with van der Waals surface area (Å²) in [7, 11) is 5.80. The van der Waals surface area contributed by atoms with Crippen LogP contribution in [-0.4, -0.2) is 28.4 Å². The summed E-state index contributed by atoms with van der Waals surface area (Å²) in [4.78, 5) is 0. The van der Waals surface area contributed by atoms with Gasteiger partial charge >= 0.3 is 137 Å². The number of aryl methyl sites for hydroxylation is 1. The molecule has 0 saturated carbocycles. The summed E-state index contributed by atoms with van der Waals surface area (Å²) in [5.41, 5.74) is 5.70. The van der Waals surface area contributed by atoms with E-state index in [-0.39, 0.29) is 19.2 Å². The van der Waals surface area contributed by atoms with Crippen molar-refractivity contribution in [2.24, 2.45) is 0 Å². The van der Waals surface area contributed by atoms with Crippen LogP contribution in [0.5, 0.6) is 11.5 Å². The van der Waals surface area contributed by atoms with Crippen LogP contribution < -0.4 is 23.3 Å². The zero-order valence-corrected chi connectivity index (χ0v) is 18.2. The van der Waals surface area contributed by atoms with Crippen molar-refractivity contribution in [3.05, 3.63) is 46.3 Å². The molecule has 0 fully saturated rings. The number of allylic oxidation sites excluding steroid dienone is 1. The van der Waals surface area contributed by atoms with Gasteiger partial charge in [0, 0.05) is 0 Å². The van der Waals surface area contributed by atoms with Gasteiger partial charge in [0.25, 0.3) is 0 Å². The topological polar surface area (TPSA) is 64.6 Å². The van der Waals surface area contributed by atoms with E-state index in [4.69, 9.17) is 19.7 Å². The van der Waals surface area contributed by atoms with Crippen molar-refractivity contribution < 1.29 is 38.8 Å². The zero-order valence-electron chi connectivity index (χ0n) is 15.6. The predicted octanol–water partition coefficient (Wildman–Crippen LogP) is 1.78. The molecule has 0 saturated heterocycles. The Bertz CT molecular complexity index is 710. The molecule has 1 aliphatic rings. The third kappa shape index (κ3) is 5.00. The van der Waals surface area contributed by atoms with E-state index >= 15 is 0 Å². The van der Waals surface area contributed by atoms with E-state index in [1.54, 1.807) is 17.8 Å². The Balaban J connectivity index is 0.000000730. The second-order valence-electron chi connectivity index (χ2n) is 5.29. The SMILES string of the molecule is COc1cc2c(cc1OC)[CH]([Ti+2][c]1[pH]cc(C)c1C)C=C2.C[O-].C[O-]. The molecule has 2 aromatic rings. The molecule has 4 nitrogen and oxygen atoms in total. The Kier molecular flexibility index (Phi) is 9.56. The van der Waals surface area contributed by atoms with Crippen molar-refractivity contribution in [3.8, 4) is 11.5 Å². The Hall–Kier alpha value is -1.03. The van der Waals surface area contributed by atoms with Crippen LogP contribution in [0.25, 0.3) is 6.08 Å². The van der Waals surface area contributed by atoms with Crippen molar-refractivity contribution in [1.29, 1.82) is 0 Å². The van der Waals surface area contributed by atoms with Crippen LogP contribution in [0.4, 0.5) is 0 Å². The van der Waals surface area contributed by atoms with E-state index in [0.29, 0.717) is 4.22 Å². The molecule has 25 heavy (non-hydrogen) atoms. The molecule has 1 aliphatic carbocycles. The molecule has 1 heterocycles. The zero-order chi connectivity index (χ0) is 19.0. The molecule has 6 heteroatoms. The minimum atomic E-state index is -0.167. The molecule has 2 unspecified atom stereocenters. The number of ether oxygens (including phenoxy) is 2. The molecule has 0 N–H and O–H groups in total. The van der Waals surface area contributed by atoms with Gasteiger partial charge in [0.2, 0.25) is 0 Å². The number of rotatable bonds is 4. The average molecular weight is 396 g/mol. The van der Waals surface area contributed by atoms with E-state index < -0.39 is 0 Å². The van der Waals surface area contributed by atoms with E-state index in [9.17, 15) is 0 Å². The second-order valence-corrected chi connectivity index (χ2v) is 9.35. The summed E-state index contributed by atoms with van der Waals surface area (Å²) < 4.78 is 13.1. The van der Waals surface area contributed by atoms with Gasteiger partial charge in [-0.3, -0.25) is 0 Å². The van der Waals surface area contributed by atoms with Gasteiger partial charge in [-0.25, -0.2) is 0 Å². The molecule has 2 atom stereocenters. The van der Waals surface area contributed by atoms with Gasteiger partial charge in [-0.05, 0) is 0 Å². The first-order valence-electron chi connectivity index (χ1n) is 7.81. The van der Waals surface area contributed by atoms with Gasteiger partial charge in [0.15, 0.2) is 0 Å². The summed E-state index contributed by atoms with van der Waals surface area (Å²) in [5, 5.41) is 16.5.